The lowest BCUT2D eigenvalue weighted by Gasteiger charge is -2.39. The minimum atomic E-state index is -5.03. The van der Waals surface area contributed by atoms with Gasteiger partial charge in [0.15, 0.2) is 0 Å². The zero-order valence-electron chi connectivity index (χ0n) is 13.4. The molecule has 0 aromatic carbocycles. The van der Waals surface area contributed by atoms with Crippen LogP contribution in [0.4, 0.5) is 0 Å². The van der Waals surface area contributed by atoms with Gasteiger partial charge in [-0.25, -0.2) is 0 Å². The lowest BCUT2D eigenvalue weighted by Crippen LogP contribution is -2.57. The van der Waals surface area contributed by atoms with Crippen LogP contribution in [0.3, 0.4) is 0 Å². The Morgan fingerprint density at radius 2 is 1.92 bits per heavy atom. The second kappa shape index (κ2) is 10.9. The average molecular weight is 421 g/mol. The molecular formula is C12H22NO9S3-. The molecule has 1 rings (SSSR count). The molecule has 0 aromatic heterocycles. The fraction of sp³-hybridized carbons (Fsp3) is 0.917. The maximum absolute atomic E-state index is 10.6. The summed E-state index contributed by atoms with van der Waals surface area (Å²) in [5.41, 5.74) is -1.13. The molecular weight excluding hydrogens is 398 g/mol. The topological polar surface area (TPSA) is 169 Å². The van der Waals surface area contributed by atoms with Crippen LogP contribution in [0, 0.1) is 0 Å². The van der Waals surface area contributed by atoms with Crippen molar-refractivity contribution in [3.63, 3.8) is 0 Å². The first kappa shape index (κ1) is 22.9. The van der Waals surface area contributed by atoms with Crippen molar-refractivity contribution in [1.29, 1.82) is 0 Å². The van der Waals surface area contributed by atoms with E-state index in [9.17, 15) is 28.3 Å². The predicted molar refractivity (Wildman–Crippen MR) is 91.8 cm³/mol. The molecule has 5 atom stereocenters. The summed E-state index contributed by atoms with van der Waals surface area (Å²) in [5.74, 6) is 0.874. The maximum Gasteiger partial charge on any atom is 0.284 e. The highest BCUT2D eigenvalue weighted by atomic mass is 32.3. The van der Waals surface area contributed by atoms with Crippen LogP contribution in [0.5, 0.6) is 0 Å². The number of nitrogens with zero attached hydrogens (tertiary/aromatic N) is 1. The Labute approximate surface area is 154 Å². The van der Waals surface area contributed by atoms with E-state index in [1.165, 1.54) is 0 Å². The van der Waals surface area contributed by atoms with Gasteiger partial charge in [0, 0.05) is 0 Å². The Hall–Kier alpha value is -0.120. The Morgan fingerprint density at radius 3 is 2.48 bits per heavy atom. The normalized spacial score (nSPS) is 31.1. The Balaban J connectivity index is 2.80. The van der Waals surface area contributed by atoms with Gasteiger partial charge < -0.3 is 29.7 Å². The molecule has 0 saturated carbocycles. The second-order valence-electron chi connectivity index (χ2n) is 5.23. The molecule has 1 heterocycles. The van der Waals surface area contributed by atoms with E-state index in [4.69, 9.17) is 9.84 Å². The zero-order valence-corrected chi connectivity index (χ0v) is 15.9. The van der Waals surface area contributed by atoms with Crippen molar-refractivity contribution in [2.75, 3.05) is 18.6 Å². The lowest BCUT2D eigenvalue weighted by molar-refractivity contribution is -0.205. The average Bonchev–Trinajstić information content (AvgIpc) is 2.55. The summed E-state index contributed by atoms with van der Waals surface area (Å²) >= 11 is 2.39. The van der Waals surface area contributed by atoms with Crippen molar-refractivity contribution in [3.05, 3.63) is 0 Å². The summed E-state index contributed by atoms with van der Waals surface area (Å²) in [5, 5.41) is 42.0. The van der Waals surface area contributed by atoms with Crippen LogP contribution in [0.1, 0.15) is 19.3 Å². The van der Waals surface area contributed by atoms with Crippen LogP contribution >= 0.6 is 23.5 Å². The molecule has 1 fully saturated rings. The zero-order chi connectivity index (χ0) is 19.0. The van der Waals surface area contributed by atoms with Gasteiger partial charge in [-0.15, -0.1) is 0 Å². The number of hydrogen-bond donors (Lipinski definition) is 4. The number of thioether (sulfide) groups is 2. The smallest absolute Gasteiger partial charge is 0.284 e. The molecule has 1 saturated heterocycles. The number of ether oxygens (including phenoxy) is 1. The quantitative estimate of drug-likeness (QED) is 0.0886. The van der Waals surface area contributed by atoms with Crippen molar-refractivity contribution >= 4 is 39.0 Å². The third kappa shape index (κ3) is 7.97. The number of hydrogen-bond acceptors (Lipinski definition) is 12. The van der Waals surface area contributed by atoms with Crippen LogP contribution in [-0.2, 0) is 19.4 Å². The van der Waals surface area contributed by atoms with Gasteiger partial charge in [0.05, 0.1) is 6.61 Å². The van der Waals surface area contributed by atoms with E-state index in [1.54, 1.807) is 11.8 Å². The minimum absolute atomic E-state index is 0.0739. The molecule has 148 valence electrons. The van der Waals surface area contributed by atoms with E-state index in [-0.39, 0.29) is 11.5 Å². The molecule has 1 aliphatic heterocycles. The molecule has 0 radical (unpaired) electrons. The van der Waals surface area contributed by atoms with Crippen LogP contribution < -0.4 is 0 Å². The molecule has 1 aliphatic rings. The first-order valence-electron chi connectivity index (χ1n) is 7.37. The van der Waals surface area contributed by atoms with Gasteiger partial charge in [0.25, 0.3) is 10.4 Å². The van der Waals surface area contributed by atoms with Gasteiger partial charge in [-0.3, -0.25) is 4.28 Å². The molecule has 0 aliphatic carbocycles. The largest absolute Gasteiger partial charge is 0.714 e. The van der Waals surface area contributed by atoms with E-state index >= 15 is 0 Å². The fourth-order valence-electron chi connectivity index (χ4n) is 2.03. The monoisotopic (exact) mass is 420 g/mol. The van der Waals surface area contributed by atoms with Gasteiger partial charge in [-0.05, 0) is 31.3 Å². The first-order valence-corrected chi connectivity index (χ1v) is 11.0. The molecule has 0 bridgehead atoms. The molecule has 4 N–H and O–H groups in total. The van der Waals surface area contributed by atoms with Crippen molar-refractivity contribution in [1.82, 2.24) is 0 Å². The standard InChI is InChI=1S/C12H23NO9S3/c1-23-5-3-2-4-8(13-22-25(18,19)20)24-12-11(17)10(16)9(15)7(6-14)21-12/h7,9-12,14-17H,2-6H2,1H3,(H,18,19,20)/p-1. The Kier molecular flexibility index (Phi) is 9.98. The lowest BCUT2D eigenvalue weighted by atomic mass is 10.0. The first-order chi connectivity index (χ1) is 11.7. The SMILES string of the molecule is CSCCCCC(=NOS(=O)(=O)[O-])SC1OC(CO)C(O)C(O)C1O. The van der Waals surface area contributed by atoms with Crippen molar-refractivity contribution < 1.29 is 42.4 Å². The van der Waals surface area contributed by atoms with E-state index in [1.807, 2.05) is 6.26 Å². The van der Waals surface area contributed by atoms with E-state index in [0.29, 0.717) is 6.42 Å². The number of aliphatic hydroxyl groups is 4. The summed E-state index contributed by atoms with van der Waals surface area (Å²) < 4.78 is 40.9. The van der Waals surface area contributed by atoms with Gasteiger partial charge in [-0.2, -0.15) is 20.2 Å². The number of rotatable bonds is 9. The summed E-state index contributed by atoms with van der Waals surface area (Å²) in [6.07, 6.45) is -2.06. The highest BCUT2D eigenvalue weighted by molar-refractivity contribution is 8.14. The Morgan fingerprint density at radius 1 is 1.24 bits per heavy atom. The Bertz CT molecular complexity index is 528. The third-order valence-corrected chi connectivity index (χ3v) is 5.45. The van der Waals surface area contributed by atoms with Crippen molar-refractivity contribution in [2.24, 2.45) is 5.16 Å². The highest BCUT2D eigenvalue weighted by Crippen LogP contribution is 2.30. The summed E-state index contributed by atoms with van der Waals surface area (Å²) in [6.45, 7) is -0.590. The minimum Gasteiger partial charge on any atom is -0.714 e. The number of oxime groups is 1. The van der Waals surface area contributed by atoms with E-state index in [2.05, 4.69) is 9.44 Å². The highest BCUT2D eigenvalue weighted by Gasteiger charge is 2.44. The maximum atomic E-state index is 10.6. The van der Waals surface area contributed by atoms with Gasteiger partial charge in [-0.1, -0.05) is 16.9 Å². The van der Waals surface area contributed by atoms with Gasteiger partial charge in [0.1, 0.15) is 34.9 Å². The van der Waals surface area contributed by atoms with Crippen LogP contribution in [0.2, 0.25) is 0 Å². The summed E-state index contributed by atoms with van der Waals surface area (Å²) in [4.78, 5) is 0. The predicted octanol–water partition coefficient (Wildman–Crippen LogP) is -1.16. The van der Waals surface area contributed by atoms with Crippen LogP contribution in [0.25, 0.3) is 0 Å². The molecule has 5 unspecified atom stereocenters. The molecule has 0 spiro atoms. The second-order valence-corrected chi connectivity index (χ2v) is 8.36. The van der Waals surface area contributed by atoms with Crippen molar-refractivity contribution in [3.8, 4) is 0 Å². The summed E-state index contributed by atoms with van der Waals surface area (Å²) in [6, 6.07) is 0. The number of unbranched alkanes of at least 4 members (excludes halogenated alkanes) is 1. The van der Waals surface area contributed by atoms with E-state index < -0.39 is 46.9 Å². The molecule has 13 heteroatoms. The molecule has 25 heavy (non-hydrogen) atoms. The van der Waals surface area contributed by atoms with Crippen LogP contribution in [-0.4, -0.2) is 86.9 Å². The van der Waals surface area contributed by atoms with Gasteiger partial charge >= 0.3 is 0 Å². The molecule has 0 aromatic rings. The van der Waals surface area contributed by atoms with Crippen molar-refractivity contribution in [2.45, 2.75) is 49.1 Å². The molecule has 10 nitrogen and oxygen atoms in total. The summed E-state index contributed by atoms with van der Waals surface area (Å²) in [7, 11) is -5.03. The fourth-order valence-corrected chi connectivity index (χ4v) is 3.87. The molecule has 0 amide bonds. The van der Waals surface area contributed by atoms with E-state index in [0.717, 1.165) is 23.9 Å². The van der Waals surface area contributed by atoms with Crippen LogP contribution in [0.15, 0.2) is 5.16 Å². The number of aliphatic hydroxyl groups excluding tert-OH is 4. The third-order valence-electron chi connectivity index (χ3n) is 3.32. The van der Waals surface area contributed by atoms with Gasteiger partial charge in [0.2, 0.25) is 0 Å².